The van der Waals surface area contributed by atoms with Crippen LogP contribution in [0.15, 0.2) is 97.3 Å². The lowest BCUT2D eigenvalue weighted by Crippen LogP contribution is -2.42. The molecule has 0 unspecified atom stereocenters. The average Bonchev–Trinajstić information content (AvgIpc) is 3.48. The number of halogens is 2. The molecule has 0 spiro atoms. The molecule has 6 rings (SSSR count). The van der Waals surface area contributed by atoms with Gasteiger partial charge in [-0.15, -0.1) is 0 Å². The number of carbonyl (C=O) groups is 2. The maximum atomic E-state index is 13.8. The quantitative estimate of drug-likeness (QED) is 0.309. The smallest absolute Gasteiger partial charge is 0.270 e. The maximum Gasteiger partial charge on any atom is 0.270 e. The second-order valence-electron chi connectivity index (χ2n) is 9.45. The van der Waals surface area contributed by atoms with Gasteiger partial charge < -0.3 is 10.2 Å². The largest absolute Gasteiger partial charge is 0.345 e. The number of hydrogen-bond donors (Lipinski definition) is 1. The summed E-state index contributed by atoms with van der Waals surface area (Å²) < 4.78 is 15.2. The molecule has 3 heterocycles. The Morgan fingerprint density at radius 1 is 0.974 bits per heavy atom. The molecule has 2 aromatic heterocycles. The molecule has 1 N–H and O–H groups in total. The number of nitrogens with one attached hydrogen (secondary N) is 1. The maximum absolute atomic E-state index is 13.8. The highest BCUT2D eigenvalue weighted by Gasteiger charge is 2.48. The molecule has 1 saturated heterocycles. The number of hydrogen-bond acceptors (Lipinski definition) is 4. The van der Waals surface area contributed by atoms with Gasteiger partial charge >= 0.3 is 0 Å². The van der Waals surface area contributed by atoms with Gasteiger partial charge in [-0.3, -0.25) is 14.6 Å². The summed E-state index contributed by atoms with van der Waals surface area (Å²) in [5.41, 5.74) is 3.17. The van der Waals surface area contributed by atoms with Crippen LogP contribution in [0.3, 0.4) is 0 Å². The summed E-state index contributed by atoms with van der Waals surface area (Å²) in [4.78, 5) is 32.8. The average molecular weight is 540 g/mol. The molecular formula is C30H23ClFN5O2. The Hall–Kier alpha value is -4.56. The van der Waals surface area contributed by atoms with Gasteiger partial charge in [-0.1, -0.05) is 42.8 Å². The summed E-state index contributed by atoms with van der Waals surface area (Å²) in [5, 5.41) is 8.83. The molecule has 0 saturated carbocycles. The highest BCUT2D eigenvalue weighted by Crippen LogP contribution is 2.43. The van der Waals surface area contributed by atoms with Gasteiger partial charge in [0.25, 0.3) is 5.91 Å². The molecule has 3 aromatic carbocycles. The van der Waals surface area contributed by atoms with E-state index in [-0.39, 0.29) is 23.3 Å². The zero-order valence-electron chi connectivity index (χ0n) is 20.8. The molecular weight excluding hydrogens is 517 g/mol. The number of pyridine rings is 1. The highest BCUT2D eigenvalue weighted by atomic mass is 35.5. The van der Waals surface area contributed by atoms with E-state index in [0.29, 0.717) is 10.7 Å². The van der Waals surface area contributed by atoms with Crippen molar-refractivity contribution in [2.45, 2.75) is 19.0 Å². The zero-order valence-corrected chi connectivity index (χ0v) is 21.6. The molecule has 0 radical (unpaired) electrons. The van der Waals surface area contributed by atoms with Crippen molar-refractivity contribution in [1.82, 2.24) is 20.1 Å². The second kappa shape index (κ2) is 9.96. The van der Waals surface area contributed by atoms with Crippen molar-refractivity contribution < 1.29 is 14.0 Å². The monoisotopic (exact) mass is 539 g/mol. The minimum Gasteiger partial charge on any atom is -0.345 e. The van der Waals surface area contributed by atoms with E-state index in [2.05, 4.69) is 15.4 Å². The van der Waals surface area contributed by atoms with Gasteiger partial charge in [0.15, 0.2) is 0 Å². The molecule has 9 heteroatoms. The van der Waals surface area contributed by atoms with Crippen LogP contribution in [0.25, 0.3) is 16.6 Å². The minimum atomic E-state index is -0.565. The molecule has 1 aliphatic rings. The Morgan fingerprint density at radius 3 is 2.46 bits per heavy atom. The van der Waals surface area contributed by atoms with Gasteiger partial charge in [-0.25, -0.2) is 9.07 Å². The van der Waals surface area contributed by atoms with Gasteiger partial charge in [0.1, 0.15) is 11.5 Å². The van der Waals surface area contributed by atoms with E-state index >= 15 is 0 Å². The summed E-state index contributed by atoms with van der Waals surface area (Å²) in [5.74, 6) is -1.36. The number of rotatable bonds is 5. The predicted octanol–water partition coefficient (Wildman–Crippen LogP) is 5.74. The number of amides is 2. The molecule has 1 fully saturated rings. The molecule has 2 amide bonds. The van der Waals surface area contributed by atoms with Gasteiger partial charge in [-0.05, 0) is 66.2 Å². The summed E-state index contributed by atoms with van der Waals surface area (Å²) in [6.07, 6.45) is 3.26. The van der Waals surface area contributed by atoms with E-state index in [1.54, 1.807) is 65.3 Å². The fourth-order valence-electron chi connectivity index (χ4n) is 5.16. The van der Waals surface area contributed by atoms with Gasteiger partial charge in [-0.2, -0.15) is 5.10 Å². The van der Waals surface area contributed by atoms with E-state index < -0.39 is 18.0 Å². The van der Waals surface area contributed by atoms with Crippen LogP contribution in [0.4, 0.5) is 10.1 Å². The van der Waals surface area contributed by atoms with Crippen LogP contribution >= 0.6 is 11.6 Å². The van der Waals surface area contributed by atoms with Gasteiger partial charge in [0.2, 0.25) is 5.91 Å². The number of anilines is 1. The Bertz CT molecular complexity index is 1690. The second-order valence-corrected chi connectivity index (χ2v) is 9.86. The fourth-order valence-corrected chi connectivity index (χ4v) is 5.41. The molecule has 3 atom stereocenters. The first kappa shape index (κ1) is 24.8. The van der Waals surface area contributed by atoms with Crippen LogP contribution in [0.1, 0.15) is 29.0 Å². The third-order valence-corrected chi connectivity index (χ3v) is 7.45. The first-order valence-corrected chi connectivity index (χ1v) is 12.8. The van der Waals surface area contributed by atoms with Gasteiger partial charge in [0, 0.05) is 22.3 Å². The van der Waals surface area contributed by atoms with Crippen molar-refractivity contribution in [2.75, 3.05) is 4.90 Å². The Balaban J connectivity index is 1.42. The molecule has 0 aliphatic carbocycles. The molecule has 194 valence electrons. The van der Waals surface area contributed by atoms with Crippen LogP contribution in [-0.2, 0) is 4.79 Å². The standard InChI is InChI=1S/C30H23ClFN5O2/c1-18-27(35-29(38)25-8-4-5-15-33-25)28(23-6-2-3-7-24(23)31)36(30(18)39)22-13-14-26-19(16-22)17-34-37(26)21-11-9-20(32)10-12-21/h2-18,27-28H,1H3,(H,35,38)/t18-,27-,28+/m0/s1. The van der Waals surface area contributed by atoms with E-state index in [1.807, 2.05) is 36.4 Å². The van der Waals surface area contributed by atoms with E-state index in [0.717, 1.165) is 22.2 Å². The third kappa shape index (κ3) is 4.42. The number of benzene rings is 3. The van der Waals surface area contributed by atoms with Crippen molar-refractivity contribution in [3.8, 4) is 5.69 Å². The summed E-state index contributed by atoms with van der Waals surface area (Å²) in [6, 6.07) is 23.0. The molecule has 0 bridgehead atoms. The fraction of sp³-hybridized carbons (Fsp3) is 0.133. The molecule has 1 aliphatic heterocycles. The first-order valence-electron chi connectivity index (χ1n) is 12.5. The number of aromatic nitrogens is 3. The first-order chi connectivity index (χ1) is 18.9. The summed E-state index contributed by atoms with van der Waals surface area (Å²) >= 11 is 6.65. The molecule has 7 nitrogen and oxygen atoms in total. The normalized spacial score (nSPS) is 19.0. The summed E-state index contributed by atoms with van der Waals surface area (Å²) in [6.45, 7) is 1.81. The molecule has 39 heavy (non-hydrogen) atoms. The summed E-state index contributed by atoms with van der Waals surface area (Å²) in [7, 11) is 0. The van der Waals surface area contributed by atoms with E-state index in [4.69, 9.17) is 11.6 Å². The third-order valence-electron chi connectivity index (χ3n) is 7.10. The number of fused-ring (bicyclic) bond motifs is 1. The lowest BCUT2D eigenvalue weighted by Gasteiger charge is -2.30. The topological polar surface area (TPSA) is 80.1 Å². The van der Waals surface area contributed by atoms with Crippen LogP contribution in [-0.4, -0.2) is 32.6 Å². The van der Waals surface area contributed by atoms with E-state index in [1.165, 1.54) is 12.1 Å². The Kier molecular flexibility index (Phi) is 6.32. The van der Waals surface area contributed by atoms with E-state index in [9.17, 15) is 14.0 Å². The van der Waals surface area contributed by atoms with Crippen molar-refractivity contribution in [3.05, 3.63) is 119 Å². The van der Waals surface area contributed by atoms with Crippen molar-refractivity contribution in [1.29, 1.82) is 0 Å². The lowest BCUT2D eigenvalue weighted by atomic mass is 9.94. The Labute approximate surface area is 228 Å². The van der Waals surface area contributed by atoms with Crippen molar-refractivity contribution >= 4 is 40.0 Å². The number of nitrogens with zero attached hydrogens (tertiary/aromatic N) is 4. The predicted molar refractivity (Wildman–Crippen MR) is 147 cm³/mol. The number of carbonyl (C=O) groups excluding carboxylic acids is 2. The SMILES string of the molecule is C[C@@H]1C(=O)N(c2ccc3c(cnn3-c3ccc(F)cc3)c2)[C@H](c2ccccc2Cl)[C@H]1NC(=O)c1ccccn1. The van der Waals surface area contributed by atoms with Crippen LogP contribution in [0, 0.1) is 11.7 Å². The Morgan fingerprint density at radius 2 is 1.72 bits per heavy atom. The lowest BCUT2D eigenvalue weighted by molar-refractivity contribution is -0.120. The zero-order chi connectivity index (χ0) is 27.1. The minimum absolute atomic E-state index is 0.142. The highest BCUT2D eigenvalue weighted by molar-refractivity contribution is 6.31. The van der Waals surface area contributed by atoms with Crippen molar-refractivity contribution in [3.63, 3.8) is 0 Å². The van der Waals surface area contributed by atoms with Crippen LogP contribution < -0.4 is 10.2 Å². The van der Waals surface area contributed by atoms with Gasteiger partial charge in [0.05, 0.1) is 35.4 Å². The van der Waals surface area contributed by atoms with Crippen molar-refractivity contribution in [2.24, 2.45) is 5.92 Å². The van der Waals surface area contributed by atoms with Crippen LogP contribution in [0.5, 0.6) is 0 Å². The molecule has 5 aromatic rings. The van der Waals surface area contributed by atoms with Crippen LogP contribution in [0.2, 0.25) is 5.02 Å².